The number of aliphatic imine (C=N–C) groups is 1. The Morgan fingerprint density at radius 3 is 2.71 bits per heavy atom. The van der Waals surface area contributed by atoms with Gasteiger partial charge in [0.15, 0.2) is 5.78 Å². The summed E-state index contributed by atoms with van der Waals surface area (Å²) in [6.07, 6.45) is 4.17. The third-order valence-corrected chi connectivity index (χ3v) is 4.73. The number of ketones is 1. The van der Waals surface area contributed by atoms with Gasteiger partial charge in [-0.1, -0.05) is 12.1 Å². The predicted octanol–water partition coefficient (Wildman–Crippen LogP) is 2.62. The maximum Gasteiger partial charge on any atom is 0.196 e. The third-order valence-electron chi connectivity index (χ3n) is 3.92. The second-order valence-electron chi connectivity index (χ2n) is 5.85. The van der Waals surface area contributed by atoms with E-state index in [9.17, 15) is 4.79 Å². The van der Waals surface area contributed by atoms with Gasteiger partial charge in [-0.3, -0.25) is 9.79 Å². The first-order valence-electron chi connectivity index (χ1n) is 8.02. The van der Waals surface area contributed by atoms with Crippen LogP contribution >= 0.6 is 15.9 Å². The summed E-state index contributed by atoms with van der Waals surface area (Å²) in [5.41, 5.74) is 1.85. The molecular formula is C18H23BrN2O3. The number of dihydropyridines is 1. The second kappa shape index (κ2) is 8.99. The maximum atomic E-state index is 12.4. The van der Waals surface area contributed by atoms with Crippen LogP contribution in [0.1, 0.15) is 25.3 Å². The highest BCUT2D eigenvalue weighted by Crippen LogP contribution is 2.22. The minimum atomic E-state index is -0.340. The molecule has 2 atom stereocenters. The van der Waals surface area contributed by atoms with Crippen LogP contribution < -0.4 is 10.1 Å². The molecule has 2 rings (SSSR count). The van der Waals surface area contributed by atoms with Crippen molar-refractivity contribution in [2.45, 2.75) is 38.3 Å². The number of nitrogens with zero attached hydrogens (tertiary/aromatic N) is 1. The summed E-state index contributed by atoms with van der Waals surface area (Å²) in [5, 5.41) is 12.2. The molecule has 1 aromatic rings. The maximum absolute atomic E-state index is 12.4. The monoisotopic (exact) mass is 394 g/mol. The lowest BCUT2D eigenvalue weighted by molar-refractivity contribution is -0.116. The fourth-order valence-corrected chi connectivity index (χ4v) is 2.96. The van der Waals surface area contributed by atoms with Gasteiger partial charge in [-0.15, -0.1) is 0 Å². The van der Waals surface area contributed by atoms with Crippen molar-refractivity contribution in [3.05, 3.63) is 40.0 Å². The SMILES string of the molecule is COc1ccc(CCC[C@H]2N=CC(NC(C)CO)=C(Br)C2=O)cc1. The number of hydrogen-bond donors (Lipinski definition) is 2. The van der Waals surface area contributed by atoms with Crippen molar-refractivity contribution < 1.29 is 14.6 Å². The van der Waals surface area contributed by atoms with E-state index < -0.39 is 0 Å². The van der Waals surface area contributed by atoms with Crippen molar-refractivity contribution in [1.29, 1.82) is 0 Å². The smallest absolute Gasteiger partial charge is 0.196 e. The number of aryl methyl sites for hydroxylation is 1. The number of ether oxygens (including phenoxy) is 1. The molecule has 1 aliphatic rings. The van der Waals surface area contributed by atoms with Crippen LogP contribution in [0.25, 0.3) is 0 Å². The van der Waals surface area contributed by atoms with E-state index in [0.29, 0.717) is 16.6 Å². The number of hydrogen-bond acceptors (Lipinski definition) is 5. The van der Waals surface area contributed by atoms with E-state index in [2.05, 4.69) is 26.2 Å². The number of Topliss-reactive ketones (excluding diaryl/α,β-unsaturated/α-hetero) is 1. The number of carbonyl (C=O) groups excluding carboxylic acids is 1. The Morgan fingerprint density at radius 2 is 2.08 bits per heavy atom. The standard InChI is InChI=1S/C18H23BrN2O3/c1-12(11-22)21-16-10-20-15(18(23)17(16)19)5-3-4-13-6-8-14(24-2)9-7-13/h6-10,12,15,21-22H,3-5,11H2,1-2H3/t12?,15-/m1/s1. The molecule has 0 saturated carbocycles. The Labute approximate surface area is 150 Å². The summed E-state index contributed by atoms with van der Waals surface area (Å²) >= 11 is 3.35. The number of nitrogens with one attached hydrogen (secondary N) is 1. The molecule has 1 aromatic carbocycles. The van der Waals surface area contributed by atoms with Crippen molar-refractivity contribution in [3.63, 3.8) is 0 Å². The Bertz CT molecular complexity index is 626. The van der Waals surface area contributed by atoms with Gasteiger partial charge in [-0.25, -0.2) is 0 Å². The normalized spacial score (nSPS) is 18.7. The molecule has 0 bridgehead atoms. The Hall–Kier alpha value is -1.66. The fraction of sp³-hybridized carbons (Fsp3) is 0.444. The lowest BCUT2D eigenvalue weighted by Crippen LogP contribution is -2.34. The molecule has 130 valence electrons. The van der Waals surface area contributed by atoms with Crippen molar-refractivity contribution in [1.82, 2.24) is 5.32 Å². The van der Waals surface area contributed by atoms with E-state index in [-0.39, 0.29) is 24.5 Å². The molecule has 1 unspecified atom stereocenters. The highest BCUT2D eigenvalue weighted by atomic mass is 79.9. The van der Waals surface area contributed by atoms with Crippen LogP contribution in [0.2, 0.25) is 0 Å². The summed E-state index contributed by atoms with van der Waals surface area (Å²) in [4.78, 5) is 16.8. The summed E-state index contributed by atoms with van der Waals surface area (Å²) in [6.45, 7) is 1.84. The molecule has 0 radical (unpaired) electrons. The van der Waals surface area contributed by atoms with Crippen molar-refractivity contribution in [3.8, 4) is 5.75 Å². The zero-order valence-corrected chi connectivity index (χ0v) is 15.5. The summed E-state index contributed by atoms with van der Waals surface area (Å²) in [5.74, 6) is 0.830. The van der Waals surface area contributed by atoms with E-state index in [1.807, 2.05) is 31.2 Å². The van der Waals surface area contributed by atoms with Crippen molar-refractivity contribution >= 4 is 27.9 Å². The molecule has 6 heteroatoms. The first-order valence-corrected chi connectivity index (χ1v) is 8.82. The topological polar surface area (TPSA) is 70.9 Å². The second-order valence-corrected chi connectivity index (χ2v) is 6.65. The van der Waals surface area contributed by atoms with Gasteiger partial charge in [-0.05, 0) is 59.8 Å². The lowest BCUT2D eigenvalue weighted by atomic mass is 10.0. The molecule has 1 aliphatic heterocycles. The largest absolute Gasteiger partial charge is 0.497 e. The fourth-order valence-electron chi connectivity index (χ4n) is 2.48. The number of aliphatic hydroxyl groups excluding tert-OH is 1. The van der Waals surface area contributed by atoms with Gasteiger partial charge in [0.25, 0.3) is 0 Å². The number of halogens is 1. The van der Waals surface area contributed by atoms with E-state index in [4.69, 9.17) is 9.84 Å². The zero-order valence-electron chi connectivity index (χ0n) is 14.0. The predicted molar refractivity (Wildman–Crippen MR) is 98.9 cm³/mol. The van der Waals surface area contributed by atoms with Gasteiger partial charge in [0.1, 0.15) is 11.8 Å². The van der Waals surface area contributed by atoms with Gasteiger partial charge in [0.05, 0.1) is 23.9 Å². The quantitative estimate of drug-likeness (QED) is 0.710. The van der Waals surface area contributed by atoms with E-state index in [1.54, 1.807) is 13.3 Å². The molecule has 0 amide bonds. The average molecular weight is 395 g/mol. The van der Waals surface area contributed by atoms with Crippen LogP contribution in [-0.4, -0.2) is 42.9 Å². The van der Waals surface area contributed by atoms with Crippen molar-refractivity contribution in [2.75, 3.05) is 13.7 Å². The number of methoxy groups -OCH3 is 1. The number of aliphatic hydroxyl groups is 1. The molecule has 0 saturated heterocycles. The summed E-state index contributed by atoms with van der Waals surface area (Å²) < 4.78 is 5.65. The lowest BCUT2D eigenvalue weighted by Gasteiger charge is -2.21. The number of rotatable bonds is 8. The minimum Gasteiger partial charge on any atom is -0.497 e. The highest BCUT2D eigenvalue weighted by molar-refractivity contribution is 9.12. The molecule has 0 fully saturated rings. The highest BCUT2D eigenvalue weighted by Gasteiger charge is 2.25. The summed E-state index contributed by atoms with van der Waals surface area (Å²) in [6, 6.07) is 7.50. The molecule has 0 aromatic heterocycles. The molecule has 5 nitrogen and oxygen atoms in total. The van der Waals surface area contributed by atoms with Gasteiger partial charge in [-0.2, -0.15) is 0 Å². The number of allylic oxidation sites excluding steroid dienone is 1. The molecule has 24 heavy (non-hydrogen) atoms. The molecular weight excluding hydrogens is 372 g/mol. The van der Waals surface area contributed by atoms with Gasteiger partial charge in [0, 0.05) is 12.3 Å². The Kier molecular flexibility index (Phi) is 6.99. The van der Waals surface area contributed by atoms with Crippen LogP contribution in [-0.2, 0) is 11.2 Å². The minimum absolute atomic E-state index is 0.00288. The Morgan fingerprint density at radius 1 is 1.38 bits per heavy atom. The first kappa shape index (κ1) is 18.7. The van der Waals surface area contributed by atoms with Crippen LogP contribution in [0.5, 0.6) is 5.75 Å². The van der Waals surface area contributed by atoms with E-state index in [0.717, 1.165) is 18.6 Å². The summed E-state index contributed by atoms with van der Waals surface area (Å²) in [7, 11) is 1.65. The first-order chi connectivity index (χ1) is 11.5. The van der Waals surface area contributed by atoms with Crippen molar-refractivity contribution in [2.24, 2.45) is 4.99 Å². The van der Waals surface area contributed by atoms with Crippen LogP contribution in [0, 0.1) is 0 Å². The van der Waals surface area contributed by atoms with Crippen LogP contribution in [0.4, 0.5) is 0 Å². The zero-order chi connectivity index (χ0) is 17.5. The molecule has 0 spiro atoms. The number of benzene rings is 1. The Balaban J connectivity index is 1.86. The third kappa shape index (κ3) is 4.92. The van der Waals surface area contributed by atoms with Gasteiger partial charge in [0.2, 0.25) is 0 Å². The molecule has 1 heterocycles. The average Bonchev–Trinajstić information content (AvgIpc) is 2.61. The number of carbonyl (C=O) groups is 1. The molecule has 0 aliphatic carbocycles. The van der Waals surface area contributed by atoms with Gasteiger partial charge >= 0.3 is 0 Å². The molecule has 2 N–H and O–H groups in total. The van der Waals surface area contributed by atoms with Crippen LogP contribution in [0.15, 0.2) is 39.4 Å². The van der Waals surface area contributed by atoms with E-state index >= 15 is 0 Å². The van der Waals surface area contributed by atoms with E-state index in [1.165, 1.54) is 5.56 Å². The van der Waals surface area contributed by atoms with Gasteiger partial charge < -0.3 is 15.2 Å². The van der Waals surface area contributed by atoms with Crippen LogP contribution in [0.3, 0.4) is 0 Å².